The van der Waals surface area contributed by atoms with Crippen LogP contribution in [0.4, 0.5) is 0 Å². The summed E-state index contributed by atoms with van der Waals surface area (Å²) in [4.78, 5) is 22.7. The molecule has 0 saturated heterocycles. The summed E-state index contributed by atoms with van der Waals surface area (Å²) in [6, 6.07) is 5.36. The fourth-order valence-electron chi connectivity index (χ4n) is 1.67. The van der Waals surface area contributed by atoms with Crippen LogP contribution in [0.15, 0.2) is 30.3 Å². The van der Waals surface area contributed by atoms with Gasteiger partial charge in [-0.2, -0.15) is 0 Å². The molecule has 1 unspecified atom stereocenters. The van der Waals surface area contributed by atoms with Crippen molar-refractivity contribution in [2.75, 3.05) is 13.7 Å². The minimum atomic E-state index is -1.07. The Bertz CT molecular complexity index is 495. The number of rotatable bonds is 8. The monoisotopic (exact) mass is 293 g/mol. The summed E-state index contributed by atoms with van der Waals surface area (Å²) in [7, 11) is 1.54. The van der Waals surface area contributed by atoms with Crippen LogP contribution in [0.2, 0.25) is 0 Å². The number of benzene rings is 1. The van der Waals surface area contributed by atoms with Gasteiger partial charge in [-0.1, -0.05) is 12.1 Å². The third kappa shape index (κ3) is 6.58. The Balaban J connectivity index is 2.53. The van der Waals surface area contributed by atoms with Gasteiger partial charge >= 0.3 is 5.97 Å². The second-order valence-corrected chi connectivity index (χ2v) is 4.46. The molecule has 21 heavy (non-hydrogen) atoms. The first-order chi connectivity index (χ1) is 10.0. The molecule has 1 aromatic carbocycles. The third-order valence-electron chi connectivity index (χ3n) is 2.78. The molecule has 6 heteroatoms. The first kappa shape index (κ1) is 16.7. The molecule has 1 rings (SSSR count). The Morgan fingerprint density at radius 3 is 2.57 bits per heavy atom. The van der Waals surface area contributed by atoms with Crippen LogP contribution < -0.4 is 5.32 Å². The van der Waals surface area contributed by atoms with E-state index < -0.39 is 17.9 Å². The van der Waals surface area contributed by atoms with Gasteiger partial charge in [0, 0.05) is 19.8 Å². The van der Waals surface area contributed by atoms with Crippen LogP contribution >= 0.6 is 0 Å². The Hall–Kier alpha value is -2.34. The van der Waals surface area contributed by atoms with E-state index in [1.54, 1.807) is 18.2 Å². The van der Waals surface area contributed by atoms with Crippen molar-refractivity contribution >= 4 is 18.0 Å². The van der Waals surface area contributed by atoms with E-state index in [1.165, 1.54) is 25.3 Å². The van der Waals surface area contributed by atoms with E-state index in [4.69, 9.17) is 14.9 Å². The summed E-state index contributed by atoms with van der Waals surface area (Å²) < 4.78 is 4.85. The van der Waals surface area contributed by atoms with Gasteiger partial charge in [0.05, 0.1) is 0 Å². The van der Waals surface area contributed by atoms with E-state index in [2.05, 4.69) is 5.32 Å². The first-order valence-electron chi connectivity index (χ1n) is 6.52. The minimum Gasteiger partial charge on any atom is -0.508 e. The zero-order chi connectivity index (χ0) is 15.7. The van der Waals surface area contributed by atoms with E-state index in [9.17, 15) is 9.59 Å². The van der Waals surface area contributed by atoms with E-state index in [0.717, 1.165) is 5.56 Å². The molecule has 0 aliphatic rings. The molecule has 0 spiro atoms. The molecular formula is C15H19NO5. The topological polar surface area (TPSA) is 95.9 Å². The van der Waals surface area contributed by atoms with Gasteiger partial charge in [-0.3, -0.25) is 4.79 Å². The van der Waals surface area contributed by atoms with Crippen LogP contribution in [0.25, 0.3) is 6.08 Å². The molecule has 114 valence electrons. The number of carboxylic acid groups (broad SMARTS) is 1. The lowest BCUT2D eigenvalue weighted by molar-refractivity contribution is -0.141. The molecule has 0 aliphatic carbocycles. The van der Waals surface area contributed by atoms with Gasteiger partial charge in [0.25, 0.3) is 0 Å². The lowest BCUT2D eigenvalue weighted by Gasteiger charge is -2.12. The number of aliphatic carboxylic acids is 1. The van der Waals surface area contributed by atoms with Gasteiger partial charge in [-0.25, -0.2) is 4.79 Å². The largest absolute Gasteiger partial charge is 0.508 e. The molecule has 3 N–H and O–H groups in total. The molecule has 0 aromatic heterocycles. The van der Waals surface area contributed by atoms with Gasteiger partial charge in [0.1, 0.15) is 11.8 Å². The summed E-state index contributed by atoms with van der Waals surface area (Å²) in [5.41, 5.74) is 0.731. The third-order valence-corrected chi connectivity index (χ3v) is 2.78. The Morgan fingerprint density at radius 2 is 2.00 bits per heavy atom. The summed E-state index contributed by atoms with van der Waals surface area (Å²) in [5, 5.41) is 20.6. The maximum atomic E-state index is 11.7. The predicted molar refractivity (Wildman–Crippen MR) is 77.8 cm³/mol. The number of phenols is 1. The van der Waals surface area contributed by atoms with Crippen LogP contribution in [-0.2, 0) is 14.3 Å². The average Bonchev–Trinajstić information content (AvgIpc) is 2.45. The summed E-state index contributed by atoms with van der Waals surface area (Å²) >= 11 is 0. The Labute approximate surface area is 123 Å². The van der Waals surface area contributed by atoms with Gasteiger partial charge < -0.3 is 20.3 Å². The number of hydrogen-bond acceptors (Lipinski definition) is 4. The highest BCUT2D eigenvalue weighted by Crippen LogP contribution is 2.10. The standard InChI is InChI=1S/C15H19NO5/c1-21-10-2-3-13(15(19)20)16-14(18)9-6-11-4-7-12(17)8-5-11/h4-9,13,17H,2-3,10H2,1H3,(H,16,18)(H,19,20)/b9-6+. The van der Waals surface area contributed by atoms with Gasteiger partial charge in [0.2, 0.25) is 5.91 Å². The summed E-state index contributed by atoms with van der Waals surface area (Å²) in [6.45, 7) is 0.447. The highest BCUT2D eigenvalue weighted by atomic mass is 16.5. The van der Waals surface area contributed by atoms with Gasteiger partial charge in [-0.05, 0) is 36.6 Å². The predicted octanol–water partition coefficient (Wildman–Crippen LogP) is 1.40. The summed E-state index contributed by atoms with van der Waals surface area (Å²) in [5.74, 6) is -1.41. The van der Waals surface area contributed by atoms with Crippen molar-refractivity contribution in [2.45, 2.75) is 18.9 Å². The number of aromatic hydroxyl groups is 1. The zero-order valence-electron chi connectivity index (χ0n) is 11.8. The van der Waals surface area contributed by atoms with Gasteiger partial charge in [0.15, 0.2) is 0 Å². The van der Waals surface area contributed by atoms with Crippen molar-refractivity contribution in [1.29, 1.82) is 0 Å². The van der Waals surface area contributed by atoms with E-state index in [1.807, 2.05) is 0 Å². The van der Waals surface area contributed by atoms with Crippen LogP contribution in [0.3, 0.4) is 0 Å². The number of carboxylic acids is 1. The van der Waals surface area contributed by atoms with Crippen molar-refractivity contribution < 1.29 is 24.5 Å². The number of amides is 1. The quantitative estimate of drug-likeness (QED) is 0.497. The molecule has 0 radical (unpaired) electrons. The van der Waals surface area contributed by atoms with Crippen molar-refractivity contribution in [1.82, 2.24) is 5.32 Å². The van der Waals surface area contributed by atoms with Crippen molar-refractivity contribution in [3.05, 3.63) is 35.9 Å². The smallest absolute Gasteiger partial charge is 0.326 e. The molecule has 0 saturated carbocycles. The lowest BCUT2D eigenvalue weighted by Crippen LogP contribution is -2.40. The lowest BCUT2D eigenvalue weighted by atomic mass is 10.1. The number of phenolic OH excluding ortho intramolecular Hbond substituents is 1. The Morgan fingerprint density at radius 1 is 1.33 bits per heavy atom. The second kappa shape index (κ2) is 8.76. The van der Waals surface area contributed by atoms with Crippen LogP contribution in [0.1, 0.15) is 18.4 Å². The zero-order valence-corrected chi connectivity index (χ0v) is 11.8. The van der Waals surface area contributed by atoms with Crippen LogP contribution in [-0.4, -0.2) is 41.8 Å². The highest BCUT2D eigenvalue weighted by Gasteiger charge is 2.18. The fraction of sp³-hybridized carbons (Fsp3) is 0.333. The molecule has 1 aromatic rings. The number of nitrogens with one attached hydrogen (secondary N) is 1. The first-order valence-corrected chi connectivity index (χ1v) is 6.52. The molecule has 6 nitrogen and oxygen atoms in total. The molecule has 0 heterocycles. The molecule has 1 atom stereocenters. The van der Waals surface area contributed by atoms with E-state index in [0.29, 0.717) is 19.4 Å². The van der Waals surface area contributed by atoms with Crippen molar-refractivity contribution in [2.24, 2.45) is 0 Å². The second-order valence-electron chi connectivity index (χ2n) is 4.46. The number of carbonyl (C=O) groups is 2. The molecule has 1 amide bonds. The SMILES string of the molecule is COCCCC(NC(=O)/C=C/c1ccc(O)cc1)C(=O)O. The van der Waals surface area contributed by atoms with E-state index in [-0.39, 0.29) is 5.75 Å². The minimum absolute atomic E-state index is 0.140. The number of ether oxygens (including phenoxy) is 1. The maximum absolute atomic E-state index is 11.7. The highest BCUT2D eigenvalue weighted by molar-refractivity contribution is 5.94. The molecular weight excluding hydrogens is 274 g/mol. The number of methoxy groups -OCH3 is 1. The molecule has 0 bridgehead atoms. The van der Waals surface area contributed by atoms with E-state index >= 15 is 0 Å². The fourth-order valence-corrected chi connectivity index (χ4v) is 1.67. The van der Waals surface area contributed by atoms with Crippen molar-refractivity contribution in [3.8, 4) is 5.75 Å². The average molecular weight is 293 g/mol. The number of hydrogen-bond donors (Lipinski definition) is 3. The van der Waals surface area contributed by atoms with Crippen molar-refractivity contribution in [3.63, 3.8) is 0 Å². The molecule has 0 aliphatic heterocycles. The summed E-state index contributed by atoms with van der Waals surface area (Å²) in [6.07, 6.45) is 3.67. The van der Waals surface area contributed by atoms with Gasteiger partial charge in [-0.15, -0.1) is 0 Å². The normalized spacial score (nSPS) is 12.2. The van der Waals surface area contributed by atoms with Crippen LogP contribution in [0, 0.1) is 0 Å². The molecule has 0 fully saturated rings. The maximum Gasteiger partial charge on any atom is 0.326 e. The number of carbonyl (C=O) groups excluding carboxylic acids is 1. The van der Waals surface area contributed by atoms with Crippen LogP contribution in [0.5, 0.6) is 5.75 Å². The Kier molecular flexibility index (Phi) is 6.97.